The van der Waals surface area contributed by atoms with Crippen LogP contribution < -0.4 is 4.74 Å². The van der Waals surface area contributed by atoms with E-state index >= 15 is 0 Å². The number of nitro benzene ring substituents is 1. The van der Waals surface area contributed by atoms with Crippen molar-refractivity contribution in [2.24, 2.45) is 0 Å². The minimum absolute atomic E-state index is 0.00235. The number of nitrogens with zero attached hydrogens (tertiary/aromatic N) is 3. The third kappa shape index (κ3) is 5.43. The Morgan fingerprint density at radius 2 is 1.53 bits per heavy atom. The lowest BCUT2D eigenvalue weighted by Gasteiger charge is -2.31. The van der Waals surface area contributed by atoms with Crippen LogP contribution in [-0.4, -0.2) is 84.0 Å². The molecule has 0 unspecified atom stereocenters. The first-order valence-electron chi connectivity index (χ1n) is 10.4. The Morgan fingerprint density at radius 1 is 0.941 bits per heavy atom. The Hall–Kier alpha value is -3.72. The number of likely N-dealkylation sites (tertiary alicyclic amines) is 1. The van der Waals surface area contributed by atoms with Gasteiger partial charge in [0.1, 0.15) is 24.1 Å². The second-order valence-electron chi connectivity index (χ2n) is 7.79. The number of hydrogen-bond acceptors (Lipinski definition) is 12. The molecule has 0 aromatic heterocycles. The van der Waals surface area contributed by atoms with Gasteiger partial charge in [0.05, 0.1) is 18.1 Å². The molecule has 1 aromatic carbocycles. The molecule has 0 spiro atoms. The first kappa shape index (κ1) is 23.4. The van der Waals surface area contributed by atoms with Gasteiger partial charge >= 0.3 is 12.2 Å². The number of ether oxygens (including phenoxy) is 5. The predicted octanol–water partition coefficient (Wildman–Crippen LogP) is 1.45. The fourth-order valence-corrected chi connectivity index (χ4v) is 3.98. The van der Waals surface area contributed by atoms with E-state index < -0.39 is 52.8 Å². The molecule has 1 aromatic rings. The highest BCUT2D eigenvalue weighted by Gasteiger charge is 2.51. The summed E-state index contributed by atoms with van der Waals surface area (Å²) in [7, 11) is 0. The van der Waals surface area contributed by atoms with Crippen LogP contribution in [0.15, 0.2) is 24.3 Å². The highest BCUT2D eigenvalue weighted by molar-refractivity contribution is 5.68. The number of rotatable bonds is 6. The van der Waals surface area contributed by atoms with Crippen LogP contribution >= 0.6 is 0 Å². The van der Waals surface area contributed by atoms with Gasteiger partial charge in [0.2, 0.25) is 0 Å². The molecule has 3 fully saturated rings. The number of carbonyl (C=O) groups excluding carboxylic acids is 2. The van der Waals surface area contributed by atoms with E-state index in [1.54, 1.807) is 0 Å². The molecule has 3 aliphatic heterocycles. The highest BCUT2D eigenvalue weighted by atomic mass is 17.0. The number of hydrogen-bond donors (Lipinski definition) is 0. The molecule has 4 rings (SSSR count). The Labute approximate surface area is 191 Å². The number of amides is 1. The third-order valence-electron chi connectivity index (χ3n) is 5.65. The quantitative estimate of drug-likeness (QED) is 0.246. The van der Waals surface area contributed by atoms with E-state index in [2.05, 4.69) is 4.84 Å². The van der Waals surface area contributed by atoms with Crippen molar-refractivity contribution >= 4 is 17.9 Å². The zero-order valence-corrected chi connectivity index (χ0v) is 17.7. The largest absolute Gasteiger partial charge is 0.514 e. The van der Waals surface area contributed by atoms with Gasteiger partial charge < -0.3 is 33.4 Å². The molecule has 1 amide bonds. The minimum Gasteiger partial charge on any atom is -0.441 e. The van der Waals surface area contributed by atoms with Crippen molar-refractivity contribution < 1.29 is 48.1 Å². The standard InChI is InChI=1S/C19H21N3O12/c23-18(20-7-5-13(6-8-20)34-22(27)28)32-14-9-29-17-15(10-30-16(14)17)33-19(24)31-12-3-1-11(2-4-12)21(25)26/h1-4,13-17H,5-10H2/t14-,15-,16-,17+/m1/s1. The lowest BCUT2D eigenvalue weighted by molar-refractivity contribution is -0.769. The summed E-state index contributed by atoms with van der Waals surface area (Å²) in [5.74, 6) is 0.0672. The molecule has 4 atom stereocenters. The third-order valence-corrected chi connectivity index (χ3v) is 5.65. The molecule has 0 N–H and O–H groups in total. The van der Waals surface area contributed by atoms with Crippen LogP contribution in [0.1, 0.15) is 12.8 Å². The molecule has 184 valence electrons. The number of fused-ring (bicyclic) bond motifs is 1. The van der Waals surface area contributed by atoms with Crippen molar-refractivity contribution in [2.75, 3.05) is 26.3 Å². The smallest absolute Gasteiger partial charge is 0.441 e. The summed E-state index contributed by atoms with van der Waals surface area (Å²) in [6, 6.07) is 4.91. The Morgan fingerprint density at radius 3 is 2.09 bits per heavy atom. The van der Waals surface area contributed by atoms with Gasteiger partial charge in [-0.1, -0.05) is 0 Å². The van der Waals surface area contributed by atoms with E-state index in [-0.39, 0.29) is 37.7 Å². The van der Waals surface area contributed by atoms with Gasteiger partial charge in [0.25, 0.3) is 10.8 Å². The summed E-state index contributed by atoms with van der Waals surface area (Å²) in [5.41, 5.74) is -0.151. The normalized spacial score (nSPS) is 26.4. The second-order valence-corrected chi connectivity index (χ2v) is 7.79. The average Bonchev–Trinajstić information content (AvgIpc) is 3.37. The Balaban J connectivity index is 1.23. The fraction of sp³-hybridized carbons (Fsp3) is 0.579. The topological polar surface area (TPSA) is 179 Å². The molecule has 15 heteroatoms. The van der Waals surface area contributed by atoms with Crippen molar-refractivity contribution in [3.05, 3.63) is 44.5 Å². The van der Waals surface area contributed by atoms with Crippen molar-refractivity contribution in [3.63, 3.8) is 0 Å². The molecule has 3 heterocycles. The maximum atomic E-state index is 12.5. The summed E-state index contributed by atoms with van der Waals surface area (Å²) >= 11 is 0. The molecule has 0 bridgehead atoms. The second kappa shape index (κ2) is 10.0. The van der Waals surface area contributed by atoms with Gasteiger partial charge in [-0.2, -0.15) is 0 Å². The van der Waals surface area contributed by atoms with Crippen LogP contribution in [0.3, 0.4) is 0 Å². The molecular weight excluding hydrogens is 462 g/mol. The summed E-state index contributed by atoms with van der Waals surface area (Å²) in [6.45, 7) is 0.543. The summed E-state index contributed by atoms with van der Waals surface area (Å²) in [5, 5.41) is 20.3. The van der Waals surface area contributed by atoms with E-state index in [1.807, 2.05) is 0 Å². The van der Waals surface area contributed by atoms with E-state index in [0.29, 0.717) is 12.8 Å². The van der Waals surface area contributed by atoms with E-state index in [1.165, 1.54) is 29.2 Å². The van der Waals surface area contributed by atoms with Crippen LogP contribution in [-0.2, 0) is 23.8 Å². The maximum absolute atomic E-state index is 12.5. The van der Waals surface area contributed by atoms with Gasteiger partial charge in [-0.25, -0.2) is 9.59 Å². The van der Waals surface area contributed by atoms with E-state index in [9.17, 15) is 29.8 Å². The van der Waals surface area contributed by atoms with Crippen molar-refractivity contribution in [1.82, 2.24) is 4.90 Å². The molecule has 0 radical (unpaired) electrons. The average molecular weight is 483 g/mol. The van der Waals surface area contributed by atoms with Gasteiger partial charge in [0, 0.05) is 25.2 Å². The molecule has 0 saturated carbocycles. The van der Waals surface area contributed by atoms with Crippen molar-refractivity contribution in [1.29, 1.82) is 0 Å². The van der Waals surface area contributed by atoms with Gasteiger partial charge in [-0.15, -0.1) is 10.1 Å². The highest BCUT2D eigenvalue weighted by Crippen LogP contribution is 2.31. The number of piperidine rings is 1. The Bertz CT molecular complexity index is 933. The number of benzene rings is 1. The van der Waals surface area contributed by atoms with Gasteiger partial charge in [-0.3, -0.25) is 10.1 Å². The molecule has 0 aliphatic carbocycles. The number of nitro groups is 1. The zero-order valence-electron chi connectivity index (χ0n) is 17.7. The van der Waals surface area contributed by atoms with Crippen molar-refractivity contribution in [2.45, 2.75) is 43.4 Å². The van der Waals surface area contributed by atoms with Crippen LogP contribution in [0.2, 0.25) is 0 Å². The molecule has 3 saturated heterocycles. The zero-order chi connectivity index (χ0) is 24.2. The minimum atomic E-state index is -1.04. The van der Waals surface area contributed by atoms with E-state index in [4.69, 9.17) is 23.7 Å². The molecule has 15 nitrogen and oxygen atoms in total. The number of carbonyl (C=O) groups is 2. The fourth-order valence-electron chi connectivity index (χ4n) is 3.98. The van der Waals surface area contributed by atoms with Crippen molar-refractivity contribution in [3.8, 4) is 5.75 Å². The first-order valence-corrected chi connectivity index (χ1v) is 10.4. The van der Waals surface area contributed by atoms with Gasteiger partial charge in [-0.05, 0) is 25.0 Å². The summed E-state index contributed by atoms with van der Waals surface area (Å²) < 4.78 is 27.0. The van der Waals surface area contributed by atoms with Crippen LogP contribution in [0.25, 0.3) is 0 Å². The van der Waals surface area contributed by atoms with Crippen LogP contribution in [0.5, 0.6) is 5.75 Å². The monoisotopic (exact) mass is 483 g/mol. The van der Waals surface area contributed by atoms with Crippen LogP contribution in [0, 0.1) is 20.2 Å². The first-order chi connectivity index (χ1) is 16.3. The molecular formula is C19H21N3O12. The van der Waals surface area contributed by atoms with E-state index in [0.717, 1.165) is 0 Å². The SMILES string of the molecule is O=C(Oc1ccc([N+](=O)[O-])cc1)O[C@@H]1CO[C@H]2[C@H]1OC[C@H]2OC(=O)N1CCC(O[N+](=O)[O-])CC1. The molecule has 34 heavy (non-hydrogen) atoms. The maximum Gasteiger partial charge on any atom is 0.514 e. The van der Waals surface area contributed by atoms with Crippen LogP contribution in [0.4, 0.5) is 15.3 Å². The summed E-state index contributed by atoms with van der Waals surface area (Å²) in [4.78, 5) is 51.1. The van der Waals surface area contributed by atoms with Gasteiger partial charge in [0.15, 0.2) is 12.2 Å². The summed E-state index contributed by atoms with van der Waals surface area (Å²) in [6.07, 6.45) is -4.39. The molecule has 3 aliphatic rings. The Kier molecular flexibility index (Phi) is 6.93. The lowest BCUT2D eigenvalue weighted by atomic mass is 10.1. The lowest BCUT2D eigenvalue weighted by Crippen LogP contribution is -2.44. The number of non-ortho nitro benzene ring substituents is 1. The predicted molar refractivity (Wildman–Crippen MR) is 106 cm³/mol.